The van der Waals surface area contributed by atoms with E-state index < -0.39 is 0 Å². The molecule has 20 heavy (non-hydrogen) atoms. The predicted octanol–water partition coefficient (Wildman–Crippen LogP) is 4.33. The first-order valence-corrected chi connectivity index (χ1v) is 7.10. The lowest BCUT2D eigenvalue weighted by Gasteiger charge is -2.18. The third-order valence-corrected chi connectivity index (χ3v) is 3.53. The lowest BCUT2D eigenvalue weighted by atomic mass is 10.0. The zero-order chi connectivity index (χ0) is 14.2. The summed E-state index contributed by atoms with van der Waals surface area (Å²) < 4.78 is 11.8. The summed E-state index contributed by atoms with van der Waals surface area (Å²) in [4.78, 5) is 4.24. The Labute approximate surface area is 123 Å². The summed E-state index contributed by atoms with van der Waals surface area (Å²) in [6.07, 6.45) is 2.61. The summed E-state index contributed by atoms with van der Waals surface area (Å²) in [6.45, 7) is 4.15. The van der Waals surface area contributed by atoms with E-state index in [9.17, 15) is 0 Å². The van der Waals surface area contributed by atoms with Crippen LogP contribution in [0.25, 0.3) is 0 Å². The second-order valence-electron chi connectivity index (χ2n) is 5.52. The van der Waals surface area contributed by atoms with E-state index in [0.29, 0.717) is 17.5 Å². The van der Waals surface area contributed by atoms with Crippen molar-refractivity contribution in [1.82, 2.24) is 4.98 Å². The number of rotatable bonds is 3. The van der Waals surface area contributed by atoms with Crippen molar-refractivity contribution in [1.29, 1.82) is 0 Å². The van der Waals surface area contributed by atoms with Crippen molar-refractivity contribution in [3.8, 4) is 17.4 Å². The van der Waals surface area contributed by atoms with Crippen LogP contribution >= 0.6 is 11.6 Å². The number of nitrogens with zero attached hydrogens (tertiary/aromatic N) is 1. The number of aromatic nitrogens is 1. The molecule has 1 aliphatic heterocycles. The molecule has 0 fully saturated rings. The highest BCUT2D eigenvalue weighted by atomic mass is 35.5. The van der Waals surface area contributed by atoms with Crippen LogP contribution in [0.5, 0.6) is 17.4 Å². The number of halogens is 1. The monoisotopic (exact) mass is 289 g/mol. The molecule has 0 aliphatic carbocycles. The Kier molecular flexibility index (Phi) is 3.30. The van der Waals surface area contributed by atoms with Gasteiger partial charge in [0.1, 0.15) is 5.60 Å². The van der Waals surface area contributed by atoms with Gasteiger partial charge in [-0.1, -0.05) is 18.2 Å². The molecule has 0 amide bonds. The Hall–Kier alpha value is -1.74. The number of para-hydroxylation sites is 1. The number of fused-ring (bicyclic) bond motifs is 1. The fourth-order valence-corrected chi connectivity index (χ4v) is 2.49. The maximum absolute atomic E-state index is 5.97. The smallest absolute Gasteiger partial charge is 0.219 e. The van der Waals surface area contributed by atoms with E-state index in [0.717, 1.165) is 17.7 Å². The van der Waals surface area contributed by atoms with E-state index in [-0.39, 0.29) is 5.60 Å². The molecule has 1 aromatic carbocycles. The summed E-state index contributed by atoms with van der Waals surface area (Å²) in [5, 5.41) is 0. The topological polar surface area (TPSA) is 31.4 Å². The lowest BCUT2D eigenvalue weighted by Crippen LogP contribution is -2.24. The molecular weight excluding hydrogens is 274 g/mol. The van der Waals surface area contributed by atoms with E-state index in [1.807, 2.05) is 24.3 Å². The van der Waals surface area contributed by atoms with Gasteiger partial charge in [0.05, 0.1) is 0 Å². The predicted molar refractivity (Wildman–Crippen MR) is 78.7 cm³/mol. The van der Waals surface area contributed by atoms with Crippen molar-refractivity contribution >= 4 is 11.6 Å². The zero-order valence-corrected chi connectivity index (χ0v) is 12.3. The second kappa shape index (κ2) is 4.98. The molecule has 104 valence electrons. The molecule has 1 aromatic heterocycles. The normalized spacial score (nSPS) is 15.6. The number of benzene rings is 1. The van der Waals surface area contributed by atoms with Crippen LogP contribution in [0.4, 0.5) is 0 Å². The van der Waals surface area contributed by atoms with Gasteiger partial charge in [-0.25, -0.2) is 4.98 Å². The van der Waals surface area contributed by atoms with Gasteiger partial charge >= 0.3 is 0 Å². The average molecular weight is 290 g/mol. The van der Waals surface area contributed by atoms with Gasteiger partial charge in [0, 0.05) is 30.1 Å². The van der Waals surface area contributed by atoms with E-state index in [1.54, 1.807) is 6.20 Å². The highest BCUT2D eigenvalue weighted by Gasteiger charge is 2.32. The van der Waals surface area contributed by atoms with Crippen LogP contribution in [0.3, 0.4) is 0 Å². The SMILES string of the molecule is CC1(C)Cc2cccc(Oc3ccc(CCl)cn3)c2O1. The Morgan fingerprint density at radius 1 is 1.30 bits per heavy atom. The summed E-state index contributed by atoms with van der Waals surface area (Å²) in [5.41, 5.74) is 1.96. The summed E-state index contributed by atoms with van der Waals surface area (Å²) in [7, 11) is 0. The quantitative estimate of drug-likeness (QED) is 0.788. The highest BCUT2D eigenvalue weighted by molar-refractivity contribution is 6.17. The molecule has 0 spiro atoms. The fraction of sp³-hybridized carbons (Fsp3) is 0.312. The molecule has 0 bridgehead atoms. The largest absolute Gasteiger partial charge is 0.483 e. The molecule has 0 N–H and O–H groups in total. The molecule has 0 saturated carbocycles. The van der Waals surface area contributed by atoms with Gasteiger partial charge in [-0.2, -0.15) is 0 Å². The van der Waals surface area contributed by atoms with Crippen molar-refractivity contribution in [2.45, 2.75) is 31.7 Å². The molecular formula is C16H16ClNO2. The first kappa shape index (κ1) is 13.3. The standard InChI is InChI=1S/C16H16ClNO2/c1-16(2)8-12-4-3-5-13(15(12)20-16)19-14-7-6-11(9-17)10-18-14/h3-7,10H,8-9H2,1-2H3. The molecule has 0 radical (unpaired) electrons. The van der Waals surface area contributed by atoms with Crippen LogP contribution in [0.1, 0.15) is 25.0 Å². The van der Waals surface area contributed by atoms with Gasteiger partial charge in [-0.05, 0) is 25.5 Å². The van der Waals surface area contributed by atoms with E-state index in [1.165, 1.54) is 5.56 Å². The lowest BCUT2D eigenvalue weighted by molar-refractivity contribution is 0.135. The molecule has 0 saturated heterocycles. The van der Waals surface area contributed by atoms with Crippen LogP contribution in [0, 0.1) is 0 Å². The third-order valence-electron chi connectivity index (χ3n) is 3.22. The second-order valence-corrected chi connectivity index (χ2v) is 5.79. The van der Waals surface area contributed by atoms with Crippen molar-refractivity contribution in [3.05, 3.63) is 47.7 Å². The number of ether oxygens (including phenoxy) is 2. The molecule has 4 heteroatoms. The van der Waals surface area contributed by atoms with E-state index in [4.69, 9.17) is 21.1 Å². The maximum Gasteiger partial charge on any atom is 0.219 e. The van der Waals surface area contributed by atoms with Crippen molar-refractivity contribution in [2.24, 2.45) is 0 Å². The van der Waals surface area contributed by atoms with E-state index >= 15 is 0 Å². The number of hydrogen-bond acceptors (Lipinski definition) is 3. The highest BCUT2D eigenvalue weighted by Crippen LogP contribution is 2.42. The molecule has 2 heterocycles. The van der Waals surface area contributed by atoms with Gasteiger partial charge in [0.15, 0.2) is 11.5 Å². The third kappa shape index (κ3) is 2.59. The van der Waals surface area contributed by atoms with Gasteiger partial charge < -0.3 is 9.47 Å². The van der Waals surface area contributed by atoms with Crippen molar-refractivity contribution in [3.63, 3.8) is 0 Å². The van der Waals surface area contributed by atoms with E-state index in [2.05, 4.69) is 24.9 Å². The Bertz CT molecular complexity index is 623. The zero-order valence-electron chi connectivity index (χ0n) is 11.5. The number of pyridine rings is 1. The van der Waals surface area contributed by atoms with Gasteiger partial charge in [0.25, 0.3) is 0 Å². The first-order valence-electron chi connectivity index (χ1n) is 6.57. The van der Waals surface area contributed by atoms with Crippen LogP contribution in [0.15, 0.2) is 36.5 Å². The molecule has 0 atom stereocenters. The molecule has 3 rings (SSSR count). The maximum atomic E-state index is 5.97. The summed E-state index contributed by atoms with van der Waals surface area (Å²) in [5.74, 6) is 2.52. The minimum absolute atomic E-state index is 0.183. The Morgan fingerprint density at radius 3 is 2.85 bits per heavy atom. The van der Waals surface area contributed by atoms with Crippen LogP contribution < -0.4 is 9.47 Å². The minimum Gasteiger partial charge on any atom is -0.483 e. The van der Waals surface area contributed by atoms with Gasteiger partial charge in [-0.3, -0.25) is 0 Å². The van der Waals surface area contributed by atoms with Crippen molar-refractivity contribution < 1.29 is 9.47 Å². The number of hydrogen-bond donors (Lipinski definition) is 0. The van der Waals surface area contributed by atoms with Gasteiger partial charge in [-0.15, -0.1) is 11.6 Å². The Morgan fingerprint density at radius 2 is 2.15 bits per heavy atom. The Balaban J connectivity index is 1.87. The van der Waals surface area contributed by atoms with Crippen molar-refractivity contribution in [2.75, 3.05) is 0 Å². The molecule has 0 unspecified atom stereocenters. The fourth-order valence-electron chi connectivity index (χ4n) is 2.33. The van der Waals surface area contributed by atoms with Crippen LogP contribution in [-0.2, 0) is 12.3 Å². The summed E-state index contributed by atoms with van der Waals surface area (Å²) in [6, 6.07) is 9.67. The number of alkyl halides is 1. The molecule has 1 aliphatic rings. The average Bonchev–Trinajstić information content (AvgIpc) is 2.75. The van der Waals surface area contributed by atoms with Gasteiger partial charge in [0.2, 0.25) is 5.88 Å². The first-order chi connectivity index (χ1) is 9.57. The summed E-state index contributed by atoms with van der Waals surface area (Å²) >= 11 is 5.75. The molecule has 3 nitrogen and oxygen atoms in total. The molecule has 2 aromatic rings. The minimum atomic E-state index is -0.183. The van der Waals surface area contributed by atoms with Crippen LogP contribution in [-0.4, -0.2) is 10.6 Å². The van der Waals surface area contributed by atoms with Crippen LogP contribution in [0.2, 0.25) is 0 Å².